The molecule has 1 N–H and O–H groups in total. The van der Waals surface area contributed by atoms with Gasteiger partial charge in [0.15, 0.2) is 0 Å². The maximum absolute atomic E-state index is 12.2. The van der Waals surface area contributed by atoms with Crippen molar-refractivity contribution in [3.63, 3.8) is 0 Å². The molecular formula is C11H16N2O3. The minimum Gasteiger partial charge on any atom is -0.394 e. The number of hydrogen-bond acceptors (Lipinski definition) is 4. The zero-order valence-corrected chi connectivity index (χ0v) is 9.51. The largest absolute Gasteiger partial charge is 0.394 e. The Morgan fingerprint density at radius 2 is 2.50 bits per heavy atom. The number of nitrogens with zero attached hydrogens (tertiary/aromatic N) is 2. The molecule has 1 fully saturated rings. The highest BCUT2D eigenvalue weighted by Gasteiger charge is 2.35. The highest BCUT2D eigenvalue weighted by molar-refractivity contribution is 5.95. The van der Waals surface area contributed by atoms with Crippen molar-refractivity contribution in [2.75, 3.05) is 13.2 Å². The lowest BCUT2D eigenvalue weighted by atomic mass is 10.0. The van der Waals surface area contributed by atoms with Gasteiger partial charge in [-0.3, -0.25) is 4.79 Å². The Hall–Kier alpha value is -1.36. The highest BCUT2D eigenvalue weighted by Crippen LogP contribution is 2.25. The van der Waals surface area contributed by atoms with Gasteiger partial charge < -0.3 is 14.5 Å². The van der Waals surface area contributed by atoms with Gasteiger partial charge in [0.05, 0.1) is 18.8 Å². The molecule has 1 saturated heterocycles. The highest BCUT2D eigenvalue weighted by atomic mass is 16.5. The molecule has 1 aliphatic heterocycles. The summed E-state index contributed by atoms with van der Waals surface area (Å²) in [6.07, 6.45) is 2.37. The van der Waals surface area contributed by atoms with Crippen LogP contribution in [0.4, 0.5) is 0 Å². The summed E-state index contributed by atoms with van der Waals surface area (Å²) in [5, 5.41) is 12.9. The van der Waals surface area contributed by atoms with Crippen molar-refractivity contribution in [2.45, 2.75) is 26.3 Å². The van der Waals surface area contributed by atoms with Gasteiger partial charge in [0.2, 0.25) is 0 Å². The van der Waals surface area contributed by atoms with E-state index in [1.54, 1.807) is 11.8 Å². The predicted molar refractivity (Wildman–Crippen MR) is 56.9 cm³/mol. The minimum atomic E-state index is -0.0952. The monoisotopic (exact) mass is 224 g/mol. The third kappa shape index (κ3) is 1.71. The normalized spacial score (nSPS) is 25.1. The van der Waals surface area contributed by atoms with E-state index in [0.717, 1.165) is 6.42 Å². The lowest BCUT2D eigenvalue weighted by Gasteiger charge is -2.24. The smallest absolute Gasteiger partial charge is 0.259 e. The second-order valence-electron chi connectivity index (χ2n) is 4.31. The number of aryl methyl sites for hydroxylation is 1. The Labute approximate surface area is 94.0 Å². The molecule has 1 aliphatic rings. The molecule has 0 spiro atoms. The summed E-state index contributed by atoms with van der Waals surface area (Å²) >= 11 is 0. The molecule has 1 aromatic heterocycles. The molecule has 5 heteroatoms. The van der Waals surface area contributed by atoms with Crippen molar-refractivity contribution in [1.29, 1.82) is 0 Å². The van der Waals surface area contributed by atoms with Gasteiger partial charge in [-0.2, -0.15) is 0 Å². The first-order valence-corrected chi connectivity index (χ1v) is 5.48. The molecule has 2 unspecified atom stereocenters. The fraction of sp³-hybridized carbons (Fsp3) is 0.636. The van der Waals surface area contributed by atoms with Crippen molar-refractivity contribution in [2.24, 2.45) is 5.92 Å². The molecule has 2 heterocycles. The van der Waals surface area contributed by atoms with Crippen molar-refractivity contribution in [3.05, 3.63) is 17.5 Å². The molecule has 2 atom stereocenters. The fourth-order valence-electron chi connectivity index (χ4n) is 2.20. The molecule has 0 radical (unpaired) electrons. The summed E-state index contributed by atoms with van der Waals surface area (Å²) < 4.78 is 4.88. The zero-order chi connectivity index (χ0) is 11.7. The van der Waals surface area contributed by atoms with Crippen molar-refractivity contribution in [3.8, 4) is 0 Å². The number of carbonyl (C=O) groups excluding carboxylic acids is 1. The molecule has 0 aliphatic carbocycles. The first-order chi connectivity index (χ1) is 7.65. The lowest BCUT2D eigenvalue weighted by Crippen LogP contribution is -2.39. The first kappa shape index (κ1) is 11.1. The number of aromatic nitrogens is 1. The Morgan fingerprint density at radius 1 is 1.75 bits per heavy atom. The van der Waals surface area contributed by atoms with Crippen LogP contribution in [-0.2, 0) is 0 Å². The van der Waals surface area contributed by atoms with E-state index in [9.17, 15) is 9.90 Å². The number of amides is 1. The van der Waals surface area contributed by atoms with Crippen LogP contribution in [0.1, 0.15) is 29.5 Å². The van der Waals surface area contributed by atoms with E-state index in [1.165, 1.54) is 6.20 Å². The van der Waals surface area contributed by atoms with E-state index >= 15 is 0 Å². The molecule has 1 aromatic rings. The number of likely N-dealkylation sites (tertiary alicyclic amines) is 1. The van der Waals surface area contributed by atoms with Crippen LogP contribution in [-0.4, -0.2) is 40.3 Å². The van der Waals surface area contributed by atoms with E-state index < -0.39 is 0 Å². The van der Waals surface area contributed by atoms with E-state index in [2.05, 4.69) is 12.1 Å². The molecule has 5 nitrogen and oxygen atoms in total. The maximum Gasteiger partial charge on any atom is 0.259 e. The van der Waals surface area contributed by atoms with Crippen LogP contribution in [0, 0.1) is 12.8 Å². The van der Waals surface area contributed by atoms with Crippen LogP contribution in [0.3, 0.4) is 0 Å². The summed E-state index contributed by atoms with van der Waals surface area (Å²) in [6, 6.07) is -0.0817. The first-order valence-electron chi connectivity index (χ1n) is 5.48. The Bertz CT molecular complexity index is 388. The SMILES string of the molecule is Cc1oncc1C(=O)N1CCC(C)C1CO. The van der Waals surface area contributed by atoms with E-state index in [-0.39, 0.29) is 18.6 Å². The van der Waals surface area contributed by atoms with Gasteiger partial charge in [-0.05, 0) is 19.3 Å². The molecule has 16 heavy (non-hydrogen) atoms. The standard InChI is InChI=1S/C11H16N2O3/c1-7-3-4-13(10(7)6-14)11(15)9-5-12-16-8(9)2/h5,7,10,14H,3-4,6H2,1-2H3. The molecule has 0 bridgehead atoms. The van der Waals surface area contributed by atoms with E-state index in [1.807, 2.05) is 0 Å². The maximum atomic E-state index is 12.2. The van der Waals surface area contributed by atoms with Gasteiger partial charge in [-0.1, -0.05) is 12.1 Å². The van der Waals surface area contributed by atoms with Crippen LogP contribution in [0.5, 0.6) is 0 Å². The van der Waals surface area contributed by atoms with E-state index in [0.29, 0.717) is 23.8 Å². The molecule has 2 rings (SSSR count). The average Bonchev–Trinajstić information content (AvgIpc) is 2.83. The summed E-state index contributed by atoms with van der Waals surface area (Å²) in [5.41, 5.74) is 0.493. The third-order valence-electron chi connectivity index (χ3n) is 3.31. The van der Waals surface area contributed by atoms with Gasteiger partial charge in [-0.25, -0.2) is 0 Å². The molecule has 0 saturated carbocycles. The molecular weight excluding hydrogens is 208 g/mol. The second kappa shape index (κ2) is 4.25. The van der Waals surface area contributed by atoms with Crippen LogP contribution < -0.4 is 0 Å². The van der Waals surface area contributed by atoms with Gasteiger partial charge >= 0.3 is 0 Å². The third-order valence-corrected chi connectivity index (χ3v) is 3.31. The number of aliphatic hydroxyl groups excluding tert-OH is 1. The Morgan fingerprint density at radius 3 is 3.06 bits per heavy atom. The number of rotatable bonds is 2. The summed E-state index contributed by atoms with van der Waals surface area (Å²) in [4.78, 5) is 13.9. The van der Waals surface area contributed by atoms with Crippen LogP contribution >= 0.6 is 0 Å². The van der Waals surface area contributed by atoms with Crippen molar-refractivity contribution in [1.82, 2.24) is 10.1 Å². The number of hydrogen-bond donors (Lipinski definition) is 1. The van der Waals surface area contributed by atoms with Gasteiger partial charge in [0.25, 0.3) is 5.91 Å². The van der Waals surface area contributed by atoms with Crippen LogP contribution in [0.2, 0.25) is 0 Å². The number of aliphatic hydroxyl groups is 1. The predicted octanol–water partition coefficient (Wildman–Crippen LogP) is 0.826. The van der Waals surface area contributed by atoms with Gasteiger partial charge in [0, 0.05) is 6.54 Å². The molecule has 88 valence electrons. The van der Waals surface area contributed by atoms with Crippen molar-refractivity contribution < 1.29 is 14.4 Å². The summed E-state index contributed by atoms with van der Waals surface area (Å²) in [6.45, 7) is 4.47. The lowest BCUT2D eigenvalue weighted by molar-refractivity contribution is 0.0646. The summed E-state index contributed by atoms with van der Waals surface area (Å²) in [5.74, 6) is 0.775. The van der Waals surface area contributed by atoms with Gasteiger partial charge in [0.1, 0.15) is 11.3 Å². The summed E-state index contributed by atoms with van der Waals surface area (Å²) in [7, 11) is 0. The second-order valence-corrected chi connectivity index (χ2v) is 4.31. The topological polar surface area (TPSA) is 66.6 Å². The number of carbonyl (C=O) groups is 1. The van der Waals surface area contributed by atoms with Crippen LogP contribution in [0.25, 0.3) is 0 Å². The minimum absolute atomic E-state index is 0.0111. The average molecular weight is 224 g/mol. The van der Waals surface area contributed by atoms with E-state index in [4.69, 9.17) is 4.52 Å². The zero-order valence-electron chi connectivity index (χ0n) is 9.51. The fourth-order valence-corrected chi connectivity index (χ4v) is 2.20. The quantitative estimate of drug-likeness (QED) is 0.807. The van der Waals surface area contributed by atoms with Crippen LogP contribution in [0.15, 0.2) is 10.7 Å². The van der Waals surface area contributed by atoms with Crippen molar-refractivity contribution >= 4 is 5.91 Å². The Balaban J connectivity index is 2.20. The van der Waals surface area contributed by atoms with Gasteiger partial charge in [-0.15, -0.1) is 0 Å². The Kier molecular flexibility index (Phi) is 2.96. The molecule has 0 aromatic carbocycles. The molecule has 1 amide bonds.